The minimum atomic E-state index is -3.26. The Hall–Kier alpha value is -2.20. The average molecular weight is 414 g/mol. The van der Waals surface area contributed by atoms with Crippen LogP contribution in [-0.2, 0) is 24.3 Å². The number of hydrogen-bond donors (Lipinski definition) is 1. The van der Waals surface area contributed by atoms with Crippen molar-refractivity contribution >= 4 is 27.7 Å². The zero-order valence-electron chi connectivity index (χ0n) is 16.5. The lowest BCUT2D eigenvalue weighted by Gasteiger charge is -2.29. The van der Waals surface area contributed by atoms with Gasteiger partial charge in [0.2, 0.25) is 15.8 Å². The van der Waals surface area contributed by atoms with Gasteiger partial charge in [-0.1, -0.05) is 0 Å². The van der Waals surface area contributed by atoms with Crippen molar-refractivity contribution in [3.8, 4) is 0 Å². The van der Waals surface area contributed by atoms with Crippen molar-refractivity contribution < 1.29 is 32.3 Å². The summed E-state index contributed by atoms with van der Waals surface area (Å²) in [4.78, 5) is 39.3. The molecular formula is C18H26N2O7S. The van der Waals surface area contributed by atoms with Crippen molar-refractivity contribution in [1.29, 1.82) is 0 Å². The van der Waals surface area contributed by atoms with E-state index in [-0.39, 0.29) is 24.5 Å². The number of Topliss-reactive ketones (excluding diaryl/α,β-unsaturated/α-hetero) is 1. The SMILES string of the molecule is CCS(=O)(=O)N1CCC(C(=O)OCC(=O)c2[nH]c(C)c(C(=O)OC)c2C)CC1. The molecule has 28 heavy (non-hydrogen) atoms. The van der Waals surface area contributed by atoms with E-state index >= 15 is 0 Å². The van der Waals surface area contributed by atoms with Crippen LogP contribution in [0.5, 0.6) is 0 Å². The minimum absolute atomic E-state index is 0.0269. The van der Waals surface area contributed by atoms with Crippen LogP contribution in [0.2, 0.25) is 0 Å². The van der Waals surface area contributed by atoms with E-state index in [1.54, 1.807) is 20.8 Å². The fourth-order valence-corrected chi connectivity index (χ4v) is 4.45. The first kappa shape index (κ1) is 22.1. The molecule has 2 rings (SSSR count). The number of aromatic nitrogens is 1. The molecule has 0 unspecified atom stereocenters. The second-order valence-electron chi connectivity index (χ2n) is 6.72. The standard InChI is InChI=1S/C18H26N2O7S/c1-5-28(24,25)20-8-6-13(7-9-20)17(22)27-10-14(21)16-11(2)15(12(3)19-16)18(23)26-4/h13,19H,5-10H2,1-4H3. The van der Waals surface area contributed by atoms with Crippen LogP contribution < -0.4 is 0 Å². The van der Waals surface area contributed by atoms with E-state index in [1.807, 2.05) is 0 Å². The first-order chi connectivity index (χ1) is 13.1. The lowest BCUT2D eigenvalue weighted by molar-refractivity contribution is -0.148. The van der Waals surface area contributed by atoms with Crippen molar-refractivity contribution in [3.05, 3.63) is 22.5 Å². The minimum Gasteiger partial charge on any atom is -0.465 e. The van der Waals surface area contributed by atoms with Gasteiger partial charge < -0.3 is 14.5 Å². The van der Waals surface area contributed by atoms with Crippen LogP contribution in [0.3, 0.4) is 0 Å². The third kappa shape index (κ3) is 4.61. The van der Waals surface area contributed by atoms with Crippen LogP contribution >= 0.6 is 0 Å². The fraction of sp³-hybridized carbons (Fsp3) is 0.611. The average Bonchev–Trinajstić information content (AvgIpc) is 2.99. The second kappa shape index (κ2) is 8.87. The van der Waals surface area contributed by atoms with Gasteiger partial charge in [0.1, 0.15) is 0 Å². The molecule has 1 aliphatic heterocycles. The van der Waals surface area contributed by atoms with Gasteiger partial charge in [-0.2, -0.15) is 0 Å². The Balaban J connectivity index is 1.94. The molecule has 0 saturated carbocycles. The van der Waals surface area contributed by atoms with Crippen molar-refractivity contribution in [2.24, 2.45) is 5.92 Å². The summed E-state index contributed by atoms with van der Waals surface area (Å²) >= 11 is 0. The number of carbonyl (C=O) groups excluding carboxylic acids is 3. The predicted molar refractivity (Wildman–Crippen MR) is 101 cm³/mol. The first-order valence-corrected chi connectivity index (χ1v) is 10.7. The summed E-state index contributed by atoms with van der Waals surface area (Å²) in [5.41, 5.74) is 1.45. The largest absolute Gasteiger partial charge is 0.465 e. The number of ether oxygens (including phenoxy) is 2. The maximum Gasteiger partial charge on any atom is 0.339 e. The summed E-state index contributed by atoms with van der Waals surface area (Å²) in [5, 5.41) is 0. The number of carbonyl (C=O) groups is 3. The van der Waals surface area contributed by atoms with Crippen molar-refractivity contribution in [2.75, 3.05) is 32.6 Å². The first-order valence-electron chi connectivity index (χ1n) is 9.07. The van der Waals surface area contributed by atoms with Gasteiger partial charge in [-0.05, 0) is 39.2 Å². The molecule has 1 saturated heterocycles. The van der Waals surface area contributed by atoms with Gasteiger partial charge in [0.25, 0.3) is 0 Å². The van der Waals surface area contributed by atoms with E-state index in [2.05, 4.69) is 4.98 Å². The molecule has 0 aromatic carbocycles. The quantitative estimate of drug-likeness (QED) is 0.525. The Morgan fingerprint density at radius 2 is 1.79 bits per heavy atom. The van der Waals surface area contributed by atoms with Crippen LogP contribution in [0.15, 0.2) is 0 Å². The smallest absolute Gasteiger partial charge is 0.339 e. The Bertz CT molecular complexity index is 865. The summed E-state index contributed by atoms with van der Waals surface area (Å²) in [6, 6.07) is 0. The molecule has 1 fully saturated rings. The summed E-state index contributed by atoms with van der Waals surface area (Å²) in [7, 11) is -2.00. The molecular weight excluding hydrogens is 388 g/mol. The second-order valence-corrected chi connectivity index (χ2v) is 8.98. The van der Waals surface area contributed by atoms with E-state index < -0.39 is 40.3 Å². The highest BCUT2D eigenvalue weighted by molar-refractivity contribution is 7.89. The van der Waals surface area contributed by atoms with E-state index in [0.29, 0.717) is 29.7 Å². The van der Waals surface area contributed by atoms with Crippen molar-refractivity contribution in [2.45, 2.75) is 33.6 Å². The number of ketones is 1. The van der Waals surface area contributed by atoms with Gasteiger partial charge in [0, 0.05) is 18.8 Å². The van der Waals surface area contributed by atoms with Gasteiger partial charge in [-0.3, -0.25) is 9.59 Å². The molecule has 0 bridgehead atoms. The van der Waals surface area contributed by atoms with Crippen LogP contribution in [0, 0.1) is 19.8 Å². The zero-order chi connectivity index (χ0) is 21.1. The third-order valence-corrected chi connectivity index (χ3v) is 6.88. The molecule has 0 aliphatic carbocycles. The van der Waals surface area contributed by atoms with Crippen LogP contribution in [0.1, 0.15) is 51.9 Å². The zero-order valence-corrected chi connectivity index (χ0v) is 17.3. The number of aryl methyl sites for hydroxylation is 1. The number of rotatable bonds is 7. The lowest BCUT2D eigenvalue weighted by Crippen LogP contribution is -2.41. The Kier molecular flexibility index (Phi) is 7.00. The van der Waals surface area contributed by atoms with Gasteiger partial charge >= 0.3 is 11.9 Å². The highest BCUT2D eigenvalue weighted by atomic mass is 32.2. The molecule has 1 aromatic rings. The van der Waals surface area contributed by atoms with Gasteiger partial charge in [-0.15, -0.1) is 0 Å². The van der Waals surface area contributed by atoms with Crippen LogP contribution in [0.25, 0.3) is 0 Å². The number of H-pyrrole nitrogens is 1. The summed E-state index contributed by atoms with van der Waals surface area (Å²) in [6.07, 6.45) is 0.721. The molecule has 1 aromatic heterocycles. The molecule has 0 atom stereocenters. The molecule has 156 valence electrons. The third-order valence-electron chi connectivity index (χ3n) is 5.00. The molecule has 0 amide bonds. The molecule has 2 heterocycles. The summed E-state index contributed by atoms with van der Waals surface area (Å²) < 4.78 is 35.0. The molecule has 0 spiro atoms. The normalized spacial score (nSPS) is 16.0. The number of esters is 2. The topological polar surface area (TPSA) is 123 Å². The summed E-state index contributed by atoms with van der Waals surface area (Å²) in [5.74, 6) is -1.92. The van der Waals surface area contributed by atoms with Gasteiger partial charge in [0.05, 0.1) is 30.0 Å². The van der Waals surface area contributed by atoms with E-state index in [1.165, 1.54) is 11.4 Å². The number of sulfonamides is 1. The number of nitrogens with zero attached hydrogens (tertiary/aromatic N) is 1. The molecule has 1 N–H and O–H groups in total. The van der Waals surface area contributed by atoms with Crippen molar-refractivity contribution in [3.63, 3.8) is 0 Å². The number of aromatic amines is 1. The highest BCUT2D eigenvalue weighted by Gasteiger charge is 2.31. The number of methoxy groups -OCH3 is 1. The highest BCUT2D eigenvalue weighted by Crippen LogP contribution is 2.22. The summed E-state index contributed by atoms with van der Waals surface area (Å²) in [6.45, 7) is 4.93. The monoisotopic (exact) mass is 414 g/mol. The van der Waals surface area contributed by atoms with Gasteiger partial charge in [-0.25, -0.2) is 17.5 Å². The Morgan fingerprint density at radius 3 is 2.32 bits per heavy atom. The van der Waals surface area contributed by atoms with Gasteiger partial charge in [0.15, 0.2) is 6.61 Å². The number of hydrogen-bond acceptors (Lipinski definition) is 7. The van der Waals surface area contributed by atoms with Crippen LogP contribution in [-0.4, -0.2) is 68.0 Å². The molecule has 0 radical (unpaired) electrons. The predicted octanol–water partition coefficient (Wildman–Crippen LogP) is 1.21. The number of nitrogens with one attached hydrogen (secondary N) is 1. The van der Waals surface area contributed by atoms with E-state index in [9.17, 15) is 22.8 Å². The Labute approximate surface area is 164 Å². The van der Waals surface area contributed by atoms with E-state index in [4.69, 9.17) is 9.47 Å². The van der Waals surface area contributed by atoms with E-state index in [0.717, 1.165) is 0 Å². The lowest BCUT2D eigenvalue weighted by atomic mass is 9.98. The fourth-order valence-electron chi connectivity index (χ4n) is 3.32. The molecule has 10 heteroatoms. The molecule has 9 nitrogen and oxygen atoms in total. The maximum absolute atomic E-state index is 12.4. The molecule has 1 aliphatic rings. The number of piperidine rings is 1. The Morgan fingerprint density at radius 1 is 1.18 bits per heavy atom. The van der Waals surface area contributed by atoms with Crippen LogP contribution in [0.4, 0.5) is 0 Å². The maximum atomic E-state index is 12.4. The van der Waals surface area contributed by atoms with Crippen molar-refractivity contribution in [1.82, 2.24) is 9.29 Å².